The quantitative estimate of drug-likeness (QED) is 0.423. The Bertz CT molecular complexity index is 1350. The normalized spacial score (nSPS) is 12.7. The Kier molecular flexibility index (Phi) is 8.46. The van der Waals surface area contributed by atoms with Gasteiger partial charge in [0, 0.05) is 21.9 Å². The number of hydrogen-bond acceptors (Lipinski definition) is 4. The van der Waals surface area contributed by atoms with Gasteiger partial charge in [-0.05, 0) is 56.8 Å². The van der Waals surface area contributed by atoms with Crippen LogP contribution in [0, 0.1) is 0 Å². The Hall–Kier alpha value is -2.91. The largest absolute Gasteiger partial charge is 0.350 e. The van der Waals surface area contributed by atoms with Crippen LogP contribution in [-0.4, -0.2) is 49.5 Å². The van der Waals surface area contributed by atoms with Gasteiger partial charge < -0.3 is 10.2 Å². The molecule has 0 bridgehead atoms. The van der Waals surface area contributed by atoms with Crippen molar-refractivity contribution in [1.29, 1.82) is 0 Å². The lowest BCUT2D eigenvalue weighted by molar-refractivity contribution is -0.140. The highest BCUT2D eigenvalue weighted by Gasteiger charge is 2.31. The summed E-state index contributed by atoms with van der Waals surface area (Å²) in [6, 6.07) is 19.4. The number of carbonyl (C=O) groups is 2. The fraction of sp³-hybridized carbons (Fsp3) is 0.333. The van der Waals surface area contributed by atoms with Gasteiger partial charge in [0.05, 0.1) is 11.9 Å². The molecule has 0 aliphatic carbocycles. The van der Waals surface area contributed by atoms with Crippen LogP contribution in [0.15, 0.2) is 71.2 Å². The molecule has 3 aromatic carbocycles. The van der Waals surface area contributed by atoms with Crippen molar-refractivity contribution in [2.45, 2.75) is 45.8 Å². The Morgan fingerprint density at radius 1 is 0.972 bits per heavy atom. The lowest BCUT2D eigenvalue weighted by Gasteiger charge is -2.33. The second-order valence-electron chi connectivity index (χ2n) is 9.83. The van der Waals surface area contributed by atoms with Crippen LogP contribution in [0.5, 0.6) is 0 Å². The summed E-state index contributed by atoms with van der Waals surface area (Å²) in [5, 5.41) is 4.50. The standard InChI is InChI=1S/C27H32BrN3O4S/c1-19(26(33)29-27(2,3)4)30(17-20-13-15-22(28)16-14-20)25(32)18-31(36(5,34)35)24-12-8-10-21-9-6-7-11-23(21)24/h6-16,19H,17-18H2,1-5H3,(H,29,33). The van der Waals surface area contributed by atoms with Crippen LogP contribution in [0.2, 0.25) is 0 Å². The molecule has 3 rings (SSSR count). The first-order chi connectivity index (χ1) is 16.8. The lowest BCUT2D eigenvalue weighted by atomic mass is 10.1. The topological polar surface area (TPSA) is 86.8 Å². The van der Waals surface area contributed by atoms with E-state index in [2.05, 4.69) is 21.2 Å². The van der Waals surface area contributed by atoms with Gasteiger partial charge in [-0.1, -0.05) is 64.5 Å². The summed E-state index contributed by atoms with van der Waals surface area (Å²) < 4.78 is 27.8. The zero-order valence-electron chi connectivity index (χ0n) is 21.2. The molecule has 0 radical (unpaired) electrons. The molecule has 1 atom stereocenters. The highest BCUT2D eigenvalue weighted by Crippen LogP contribution is 2.28. The van der Waals surface area contributed by atoms with E-state index in [1.165, 1.54) is 4.90 Å². The van der Waals surface area contributed by atoms with Crippen LogP contribution in [0.25, 0.3) is 10.8 Å². The van der Waals surface area contributed by atoms with Gasteiger partial charge in [-0.2, -0.15) is 0 Å². The van der Waals surface area contributed by atoms with Crippen LogP contribution in [0.1, 0.15) is 33.3 Å². The number of carbonyl (C=O) groups excluding carboxylic acids is 2. The number of nitrogens with one attached hydrogen (secondary N) is 1. The summed E-state index contributed by atoms with van der Waals surface area (Å²) in [5.74, 6) is -0.795. The molecule has 0 saturated carbocycles. The average molecular weight is 575 g/mol. The molecular weight excluding hydrogens is 542 g/mol. The Morgan fingerprint density at radius 3 is 2.19 bits per heavy atom. The van der Waals surface area contributed by atoms with Gasteiger partial charge in [0.15, 0.2) is 0 Å². The van der Waals surface area contributed by atoms with Crippen molar-refractivity contribution in [2.24, 2.45) is 0 Å². The molecule has 7 nitrogen and oxygen atoms in total. The molecule has 9 heteroatoms. The predicted molar refractivity (Wildman–Crippen MR) is 148 cm³/mol. The maximum Gasteiger partial charge on any atom is 0.244 e. The minimum absolute atomic E-state index is 0.151. The second-order valence-corrected chi connectivity index (χ2v) is 12.7. The van der Waals surface area contributed by atoms with Crippen molar-refractivity contribution >= 4 is 54.2 Å². The molecule has 0 heterocycles. The Balaban J connectivity index is 1.99. The van der Waals surface area contributed by atoms with Crippen molar-refractivity contribution in [3.05, 3.63) is 76.8 Å². The van der Waals surface area contributed by atoms with E-state index in [0.717, 1.165) is 31.4 Å². The number of fused-ring (bicyclic) bond motifs is 1. The molecule has 2 amide bonds. The molecule has 0 fully saturated rings. The number of amides is 2. The van der Waals surface area contributed by atoms with Crippen molar-refractivity contribution in [3.63, 3.8) is 0 Å². The molecule has 36 heavy (non-hydrogen) atoms. The Labute approximate surface area is 221 Å². The minimum atomic E-state index is -3.81. The second kappa shape index (κ2) is 11.0. The molecule has 3 aromatic rings. The number of anilines is 1. The average Bonchev–Trinajstić information content (AvgIpc) is 2.79. The van der Waals surface area contributed by atoms with E-state index in [0.29, 0.717) is 5.69 Å². The number of benzene rings is 3. The van der Waals surface area contributed by atoms with Crippen molar-refractivity contribution in [3.8, 4) is 0 Å². The monoisotopic (exact) mass is 573 g/mol. The van der Waals surface area contributed by atoms with Gasteiger partial charge >= 0.3 is 0 Å². The maximum atomic E-state index is 13.7. The molecule has 0 saturated heterocycles. The van der Waals surface area contributed by atoms with E-state index in [1.54, 1.807) is 19.1 Å². The number of rotatable bonds is 8. The molecule has 192 valence electrons. The fourth-order valence-corrected chi connectivity index (χ4v) is 4.99. The van der Waals surface area contributed by atoms with E-state index in [4.69, 9.17) is 0 Å². The summed E-state index contributed by atoms with van der Waals surface area (Å²) in [7, 11) is -3.81. The highest BCUT2D eigenvalue weighted by molar-refractivity contribution is 9.10. The number of nitrogens with zero attached hydrogens (tertiary/aromatic N) is 2. The molecule has 0 spiro atoms. The Morgan fingerprint density at radius 2 is 1.58 bits per heavy atom. The third-order valence-corrected chi connectivity index (χ3v) is 7.30. The molecule has 0 aliphatic rings. The van der Waals surface area contributed by atoms with Crippen LogP contribution in [0.3, 0.4) is 0 Å². The van der Waals surface area contributed by atoms with Gasteiger partial charge in [0.1, 0.15) is 12.6 Å². The molecule has 0 aliphatic heterocycles. The number of halogens is 1. The van der Waals surface area contributed by atoms with Crippen LogP contribution in [-0.2, 0) is 26.2 Å². The minimum Gasteiger partial charge on any atom is -0.350 e. The van der Waals surface area contributed by atoms with Crippen LogP contribution < -0.4 is 9.62 Å². The summed E-state index contributed by atoms with van der Waals surface area (Å²) in [4.78, 5) is 28.2. The third kappa shape index (κ3) is 7.07. The summed E-state index contributed by atoms with van der Waals surface area (Å²) in [6.45, 7) is 6.97. The highest BCUT2D eigenvalue weighted by atomic mass is 79.9. The first kappa shape index (κ1) is 27.7. The van der Waals surface area contributed by atoms with E-state index in [-0.39, 0.29) is 12.5 Å². The van der Waals surface area contributed by atoms with Gasteiger partial charge in [-0.15, -0.1) is 0 Å². The van der Waals surface area contributed by atoms with E-state index >= 15 is 0 Å². The van der Waals surface area contributed by atoms with Crippen LogP contribution >= 0.6 is 15.9 Å². The zero-order valence-corrected chi connectivity index (χ0v) is 23.6. The zero-order chi connectivity index (χ0) is 26.7. The van der Waals surface area contributed by atoms with Gasteiger partial charge in [0.2, 0.25) is 21.8 Å². The summed E-state index contributed by atoms with van der Waals surface area (Å²) >= 11 is 3.41. The van der Waals surface area contributed by atoms with Gasteiger partial charge in [0.25, 0.3) is 0 Å². The van der Waals surface area contributed by atoms with Crippen LogP contribution in [0.4, 0.5) is 5.69 Å². The van der Waals surface area contributed by atoms with E-state index < -0.39 is 34.1 Å². The fourth-order valence-electron chi connectivity index (χ4n) is 3.86. The van der Waals surface area contributed by atoms with Crippen molar-refractivity contribution < 1.29 is 18.0 Å². The number of hydrogen-bond donors (Lipinski definition) is 1. The third-order valence-electron chi connectivity index (χ3n) is 5.65. The molecular formula is C27H32BrN3O4S. The first-order valence-corrected chi connectivity index (χ1v) is 14.2. The maximum absolute atomic E-state index is 13.7. The number of sulfonamides is 1. The summed E-state index contributed by atoms with van der Waals surface area (Å²) in [6.07, 6.45) is 1.08. The van der Waals surface area contributed by atoms with Crippen molar-refractivity contribution in [2.75, 3.05) is 17.1 Å². The van der Waals surface area contributed by atoms with Gasteiger partial charge in [-0.3, -0.25) is 13.9 Å². The smallest absolute Gasteiger partial charge is 0.244 e. The molecule has 1 unspecified atom stereocenters. The molecule has 0 aromatic heterocycles. The predicted octanol–water partition coefficient (Wildman–Crippen LogP) is 4.70. The molecule has 1 N–H and O–H groups in total. The van der Waals surface area contributed by atoms with Crippen molar-refractivity contribution in [1.82, 2.24) is 10.2 Å². The van der Waals surface area contributed by atoms with Gasteiger partial charge in [-0.25, -0.2) is 8.42 Å². The first-order valence-electron chi connectivity index (χ1n) is 11.6. The summed E-state index contributed by atoms with van der Waals surface area (Å²) in [5.41, 5.74) is 0.747. The lowest BCUT2D eigenvalue weighted by Crippen LogP contribution is -2.54. The van der Waals surface area contributed by atoms with E-state index in [1.807, 2.05) is 75.4 Å². The SMILES string of the molecule is CC(C(=O)NC(C)(C)C)N(Cc1ccc(Br)cc1)C(=O)CN(c1cccc2ccccc12)S(C)(=O)=O. The van der Waals surface area contributed by atoms with E-state index in [9.17, 15) is 18.0 Å².